The summed E-state index contributed by atoms with van der Waals surface area (Å²) in [5.41, 5.74) is 0.603. The quantitative estimate of drug-likeness (QED) is 0.713. The van der Waals surface area contributed by atoms with E-state index in [-0.39, 0.29) is 42.5 Å². The van der Waals surface area contributed by atoms with Crippen molar-refractivity contribution in [2.45, 2.75) is 51.2 Å². The van der Waals surface area contributed by atoms with Gasteiger partial charge in [-0.15, -0.1) is 0 Å². The van der Waals surface area contributed by atoms with Crippen LogP contribution in [0.4, 0.5) is 28.0 Å². The first-order valence-electron chi connectivity index (χ1n) is 10.0. The van der Waals surface area contributed by atoms with Crippen molar-refractivity contribution in [3.8, 4) is 6.07 Å². The second-order valence-electron chi connectivity index (χ2n) is 8.13. The van der Waals surface area contributed by atoms with E-state index in [2.05, 4.69) is 10.4 Å². The van der Waals surface area contributed by atoms with Gasteiger partial charge in [-0.1, -0.05) is 0 Å². The Morgan fingerprint density at radius 1 is 1.42 bits per heavy atom. The molecule has 3 heterocycles. The molecule has 0 radical (unpaired) electrons. The molecule has 0 bridgehead atoms. The molecule has 31 heavy (non-hydrogen) atoms. The molecule has 2 aliphatic rings. The predicted molar refractivity (Wildman–Crippen MR) is 104 cm³/mol. The van der Waals surface area contributed by atoms with Crippen LogP contribution in [0.2, 0.25) is 0 Å². The first-order chi connectivity index (χ1) is 14.7. The zero-order valence-electron chi connectivity index (χ0n) is 16.8. The maximum absolute atomic E-state index is 15.0. The number of rotatable bonds is 2. The van der Waals surface area contributed by atoms with Crippen molar-refractivity contribution >= 4 is 11.7 Å². The van der Waals surface area contributed by atoms with E-state index in [0.717, 1.165) is 6.07 Å². The number of nitriles is 1. The lowest BCUT2D eigenvalue weighted by Crippen LogP contribution is -2.45. The number of alkyl halides is 3. The van der Waals surface area contributed by atoms with E-state index in [9.17, 15) is 22.4 Å². The molecule has 0 unspecified atom stereocenters. The monoisotopic (exact) mass is 435 g/mol. The number of carbonyl (C=O) groups excluding carboxylic acids is 1. The van der Waals surface area contributed by atoms with E-state index in [4.69, 9.17) is 5.26 Å². The summed E-state index contributed by atoms with van der Waals surface area (Å²) in [7, 11) is 0. The van der Waals surface area contributed by atoms with Crippen molar-refractivity contribution in [3.05, 3.63) is 46.5 Å². The lowest BCUT2D eigenvalue weighted by Gasteiger charge is -2.34. The molecule has 4 rings (SSSR count). The molecule has 6 nitrogen and oxygen atoms in total. The number of aromatic nitrogens is 2. The highest BCUT2D eigenvalue weighted by Gasteiger charge is 2.45. The van der Waals surface area contributed by atoms with Crippen LogP contribution in [0.25, 0.3) is 0 Å². The van der Waals surface area contributed by atoms with Crippen molar-refractivity contribution in [1.82, 2.24) is 14.7 Å². The number of nitrogens with zero attached hydrogens (tertiary/aromatic N) is 4. The van der Waals surface area contributed by atoms with Crippen LogP contribution in [0.1, 0.15) is 42.3 Å². The summed E-state index contributed by atoms with van der Waals surface area (Å²) in [5, 5.41) is 15.9. The van der Waals surface area contributed by atoms with Crippen LogP contribution in [-0.4, -0.2) is 33.4 Å². The van der Waals surface area contributed by atoms with Crippen molar-refractivity contribution in [2.24, 2.45) is 5.92 Å². The number of amides is 2. The Balaban J connectivity index is 1.61. The minimum atomic E-state index is -3.24. The van der Waals surface area contributed by atoms with Gasteiger partial charge < -0.3 is 10.2 Å². The first kappa shape index (κ1) is 21.2. The Labute approximate surface area is 176 Å². The largest absolute Gasteiger partial charge is 0.322 e. The molecule has 0 spiro atoms. The van der Waals surface area contributed by atoms with Gasteiger partial charge in [0.25, 0.3) is 5.92 Å². The number of anilines is 1. The Hall–Kier alpha value is -3.09. The fourth-order valence-corrected chi connectivity index (χ4v) is 4.32. The Kier molecular flexibility index (Phi) is 5.37. The summed E-state index contributed by atoms with van der Waals surface area (Å²) in [6.07, 6.45) is -0.000662. The molecule has 1 aromatic carbocycles. The van der Waals surface area contributed by atoms with Crippen LogP contribution in [0.5, 0.6) is 0 Å². The van der Waals surface area contributed by atoms with Gasteiger partial charge in [-0.3, -0.25) is 9.07 Å². The van der Waals surface area contributed by atoms with Gasteiger partial charge in [0.1, 0.15) is 17.6 Å². The Bertz CT molecular complexity index is 1060. The number of halogens is 4. The van der Waals surface area contributed by atoms with E-state index < -0.39 is 36.8 Å². The molecule has 0 aliphatic carbocycles. The second kappa shape index (κ2) is 7.87. The molecule has 0 saturated heterocycles. The van der Waals surface area contributed by atoms with Gasteiger partial charge in [0.05, 0.1) is 24.5 Å². The summed E-state index contributed by atoms with van der Waals surface area (Å²) >= 11 is 0. The van der Waals surface area contributed by atoms with E-state index in [1.54, 1.807) is 13.0 Å². The van der Waals surface area contributed by atoms with E-state index in [1.165, 1.54) is 21.7 Å². The average molecular weight is 435 g/mol. The van der Waals surface area contributed by atoms with Crippen molar-refractivity contribution in [3.63, 3.8) is 0 Å². The Morgan fingerprint density at radius 3 is 2.90 bits per heavy atom. The fourth-order valence-electron chi connectivity index (χ4n) is 4.32. The lowest BCUT2D eigenvalue weighted by molar-refractivity contribution is -0.0350. The molecule has 10 heteroatoms. The van der Waals surface area contributed by atoms with Gasteiger partial charge in [0.2, 0.25) is 0 Å². The van der Waals surface area contributed by atoms with Crippen LogP contribution < -0.4 is 5.32 Å². The minimum Gasteiger partial charge on any atom is -0.317 e. The summed E-state index contributed by atoms with van der Waals surface area (Å²) < 4.78 is 57.9. The van der Waals surface area contributed by atoms with Crippen LogP contribution in [0.15, 0.2) is 18.2 Å². The summed E-state index contributed by atoms with van der Waals surface area (Å²) in [5.74, 6) is -4.68. The zero-order chi connectivity index (χ0) is 22.3. The van der Waals surface area contributed by atoms with Gasteiger partial charge in [-0.05, 0) is 37.5 Å². The second-order valence-corrected chi connectivity index (χ2v) is 8.13. The molecule has 1 aromatic heterocycles. The SMILES string of the molecule is C[C@@H]1Cc2nn3c(c2CN1C(=O)Nc1ccc(F)c(C#N)c1)C(F)(F)C[C@H](CF)CC3. The van der Waals surface area contributed by atoms with E-state index >= 15 is 0 Å². The smallest absolute Gasteiger partial charge is 0.317 e. The number of benzene rings is 1. The molecule has 2 atom stereocenters. The molecular formula is C21H21F4N5O. The van der Waals surface area contributed by atoms with Gasteiger partial charge in [0.15, 0.2) is 0 Å². The molecule has 2 aliphatic heterocycles. The topological polar surface area (TPSA) is 74.0 Å². The summed E-state index contributed by atoms with van der Waals surface area (Å²) in [4.78, 5) is 14.3. The standard InChI is InChI=1S/C21H21F4N5O/c1-12-6-18-16(19-21(24,25)8-13(9-22)4-5-30(19)28-18)11-29(12)20(31)27-15-2-3-17(23)14(7-15)10-26/h2-3,7,12-13H,4-6,8-9,11H2,1H3,(H,27,31)/t12-,13-/m1/s1. The highest BCUT2D eigenvalue weighted by molar-refractivity contribution is 5.90. The predicted octanol–water partition coefficient (Wildman–Crippen LogP) is 4.34. The molecule has 1 N–H and O–H groups in total. The van der Waals surface area contributed by atoms with Gasteiger partial charge in [-0.25, -0.2) is 9.18 Å². The maximum atomic E-state index is 15.0. The summed E-state index contributed by atoms with van der Waals surface area (Å²) in [6, 6.07) is 4.46. The average Bonchev–Trinajstić information content (AvgIpc) is 3.03. The van der Waals surface area contributed by atoms with Crippen molar-refractivity contribution < 1.29 is 22.4 Å². The van der Waals surface area contributed by atoms with Crippen LogP contribution in [0.3, 0.4) is 0 Å². The van der Waals surface area contributed by atoms with E-state index in [0.29, 0.717) is 17.7 Å². The molecular weight excluding hydrogens is 414 g/mol. The Morgan fingerprint density at radius 2 is 2.19 bits per heavy atom. The van der Waals surface area contributed by atoms with Gasteiger partial charge in [-0.2, -0.15) is 19.1 Å². The lowest BCUT2D eigenvalue weighted by atomic mass is 9.94. The van der Waals surface area contributed by atoms with Gasteiger partial charge in [0, 0.05) is 36.7 Å². The summed E-state index contributed by atoms with van der Waals surface area (Å²) in [6.45, 7) is 1.12. The number of hydrogen-bond acceptors (Lipinski definition) is 3. The molecule has 164 valence electrons. The molecule has 0 saturated carbocycles. The zero-order valence-corrected chi connectivity index (χ0v) is 16.8. The highest BCUT2D eigenvalue weighted by atomic mass is 19.3. The number of aryl methyl sites for hydroxylation is 1. The molecule has 2 amide bonds. The number of nitrogens with one attached hydrogen (secondary N) is 1. The third kappa shape index (κ3) is 3.84. The molecule has 2 aromatic rings. The van der Waals surface area contributed by atoms with Crippen LogP contribution in [-0.2, 0) is 25.4 Å². The highest BCUT2D eigenvalue weighted by Crippen LogP contribution is 2.43. The number of urea groups is 1. The van der Waals surface area contributed by atoms with Crippen molar-refractivity contribution in [1.29, 1.82) is 5.26 Å². The van der Waals surface area contributed by atoms with Crippen molar-refractivity contribution in [2.75, 3.05) is 12.0 Å². The number of hydrogen-bond donors (Lipinski definition) is 1. The number of fused-ring (bicyclic) bond motifs is 3. The minimum absolute atomic E-state index is 0.0696. The van der Waals surface area contributed by atoms with E-state index in [1.807, 2.05) is 0 Å². The normalized spacial score (nSPS) is 22.1. The van der Waals surface area contributed by atoms with Crippen LogP contribution in [0, 0.1) is 23.1 Å². The number of carbonyl (C=O) groups is 1. The van der Waals surface area contributed by atoms with Gasteiger partial charge >= 0.3 is 6.03 Å². The third-order valence-electron chi connectivity index (χ3n) is 5.94. The fraction of sp³-hybridized carbons (Fsp3) is 0.476. The third-order valence-corrected chi connectivity index (χ3v) is 5.94. The maximum Gasteiger partial charge on any atom is 0.322 e. The van der Waals surface area contributed by atoms with Crippen LogP contribution >= 0.6 is 0 Å². The molecule has 0 fully saturated rings. The first-order valence-corrected chi connectivity index (χ1v) is 10.0.